The van der Waals surface area contributed by atoms with E-state index in [0.29, 0.717) is 11.9 Å². The Kier molecular flexibility index (Phi) is 2.04. The van der Waals surface area contributed by atoms with E-state index in [4.69, 9.17) is 0 Å². The molecule has 1 aliphatic carbocycles. The summed E-state index contributed by atoms with van der Waals surface area (Å²) in [5.74, 6) is 0.190. The molecular weight excluding hydrogens is 191 g/mol. The molecule has 1 saturated carbocycles. The summed E-state index contributed by atoms with van der Waals surface area (Å²) < 4.78 is 12.9. The van der Waals surface area contributed by atoms with Crippen molar-refractivity contribution < 1.29 is 4.39 Å². The fourth-order valence-corrected chi connectivity index (χ4v) is 2.19. The highest BCUT2D eigenvalue weighted by Crippen LogP contribution is 2.63. The van der Waals surface area contributed by atoms with Crippen molar-refractivity contribution in [2.24, 2.45) is 10.8 Å². The van der Waals surface area contributed by atoms with Crippen LogP contribution in [0.3, 0.4) is 0 Å². The van der Waals surface area contributed by atoms with Crippen LogP contribution in [0, 0.1) is 16.8 Å². The van der Waals surface area contributed by atoms with E-state index < -0.39 is 5.95 Å². The zero-order valence-corrected chi connectivity index (χ0v) is 9.63. The zero-order valence-electron chi connectivity index (χ0n) is 9.63. The number of nitrogens with one attached hydrogen (secondary N) is 1. The van der Waals surface area contributed by atoms with Gasteiger partial charge in [-0.25, -0.2) is 4.98 Å². The number of pyridine rings is 1. The van der Waals surface area contributed by atoms with E-state index in [9.17, 15) is 4.39 Å². The van der Waals surface area contributed by atoms with Crippen LogP contribution in [0.2, 0.25) is 0 Å². The van der Waals surface area contributed by atoms with Crippen molar-refractivity contribution in [3.8, 4) is 0 Å². The van der Waals surface area contributed by atoms with Gasteiger partial charge in [-0.15, -0.1) is 0 Å². The summed E-state index contributed by atoms with van der Waals surface area (Å²) in [7, 11) is 0. The number of nitrogens with zero attached hydrogens (tertiary/aromatic N) is 1. The van der Waals surface area contributed by atoms with Crippen LogP contribution in [-0.2, 0) is 0 Å². The molecule has 0 saturated heterocycles. The Balaban J connectivity index is 2.12. The van der Waals surface area contributed by atoms with E-state index in [1.54, 1.807) is 12.1 Å². The smallest absolute Gasteiger partial charge is 0.214 e. The van der Waals surface area contributed by atoms with Crippen molar-refractivity contribution in [2.45, 2.75) is 33.7 Å². The predicted octanol–water partition coefficient (Wildman–Crippen LogP) is 3.07. The van der Waals surface area contributed by atoms with E-state index in [1.807, 2.05) is 0 Å². The average Bonchev–Trinajstić information content (AvgIpc) is 2.48. The van der Waals surface area contributed by atoms with Crippen LogP contribution >= 0.6 is 0 Å². The molecule has 0 aromatic carbocycles. The number of hydrogen-bond donors (Lipinski definition) is 1. The summed E-state index contributed by atoms with van der Waals surface area (Å²) in [5, 5.41) is 3.29. The number of anilines is 1. The lowest BCUT2D eigenvalue weighted by molar-refractivity contribution is 0.457. The Morgan fingerprint density at radius 1 is 1.20 bits per heavy atom. The van der Waals surface area contributed by atoms with Gasteiger partial charge in [0.2, 0.25) is 5.95 Å². The Hall–Kier alpha value is -1.12. The Morgan fingerprint density at radius 3 is 2.27 bits per heavy atom. The Labute approximate surface area is 89.9 Å². The second-order valence-electron chi connectivity index (χ2n) is 5.37. The van der Waals surface area contributed by atoms with Gasteiger partial charge >= 0.3 is 0 Å². The minimum Gasteiger partial charge on any atom is -0.366 e. The molecule has 1 fully saturated rings. The highest BCUT2D eigenvalue weighted by atomic mass is 19.1. The molecule has 0 atom stereocenters. The molecule has 0 aliphatic heterocycles. The highest BCUT2D eigenvalue weighted by molar-refractivity contribution is 5.41. The van der Waals surface area contributed by atoms with Crippen molar-refractivity contribution in [3.05, 3.63) is 24.1 Å². The van der Waals surface area contributed by atoms with Gasteiger partial charge in [0.25, 0.3) is 0 Å². The van der Waals surface area contributed by atoms with Gasteiger partial charge in [-0.1, -0.05) is 33.8 Å². The first-order valence-electron chi connectivity index (χ1n) is 5.25. The van der Waals surface area contributed by atoms with Gasteiger partial charge in [0.1, 0.15) is 5.82 Å². The van der Waals surface area contributed by atoms with Gasteiger partial charge < -0.3 is 5.32 Å². The molecule has 2 nitrogen and oxygen atoms in total. The van der Waals surface area contributed by atoms with Crippen molar-refractivity contribution in [3.63, 3.8) is 0 Å². The van der Waals surface area contributed by atoms with E-state index in [0.717, 1.165) is 0 Å². The average molecular weight is 208 g/mol. The topological polar surface area (TPSA) is 24.9 Å². The van der Waals surface area contributed by atoms with Crippen LogP contribution in [0.1, 0.15) is 27.7 Å². The molecule has 1 aromatic heterocycles. The molecule has 0 unspecified atom stereocenters. The van der Waals surface area contributed by atoms with Crippen LogP contribution in [0.4, 0.5) is 10.2 Å². The molecule has 0 spiro atoms. The minimum absolute atomic E-state index is 0.237. The molecule has 1 aromatic rings. The quantitative estimate of drug-likeness (QED) is 0.755. The van der Waals surface area contributed by atoms with Crippen molar-refractivity contribution in [1.29, 1.82) is 0 Å². The second-order valence-corrected chi connectivity index (χ2v) is 5.37. The summed E-state index contributed by atoms with van der Waals surface area (Å²) >= 11 is 0. The molecular formula is C12H17FN2. The molecule has 0 amide bonds. The Morgan fingerprint density at radius 2 is 1.80 bits per heavy atom. The minimum atomic E-state index is -0.434. The van der Waals surface area contributed by atoms with Gasteiger partial charge in [-0.3, -0.25) is 0 Å². The third kappa shape index (κ3) is 1.50. The van der Waals surface area contributed by atoms with Gasteiger partial charge in [0.05, 0.1) is 0 Å². The van der Waals surface area contributed by atoms with Crippen LogP contribution in [-0.4, -0.2) is 11.0 Å². The van der Waals surface area contributed by atoms with E-state index >= 15 is 0 Å². The Bertz CT molecular complexity index is 371. The third-order valence-electron chi connectivity index (χ3n) is 4.03. The maximum absolute atomic E-state index is 12.9. The third-order valence-corrected chi connectivity index (χ3v) is 4.03. The van der Waals surface area contributed by atoms with E-state index in [2.05, 4.69) is 38.0 Å². The van der Waals surface area contributed by atoms with Crippen molar-refractivity contribution >= 4 is 5.82 Å². The van der Waals surface area contributed by atoms with Gasteiger partial charge in [0, 0.05) is 6.04 Å². The lowest BCUT2D eigenvalue weighted by atomic mass is 10.0. The summed E-state index contributed by atoms with van der Waals surface area (Å²) in [6.45, 7) is 8.85. The maximum Gasteiger partial charge on any atom is 0.214 e. The number of aromatic nitrogens is 1. The highest BCUT2D eigenvalue weighted by Gasteiger charge is 2.65. The van der Waals surface area contributed by atoms with Gasteiger partial charge in [-0.2, -0.15) is 4.39 Å². The molecule has 3 heteroatoms. The first kappa shape index (κ1) is 10.4. The summed E-state index contributed by atoms with van der Waals surface area (Å²) in [6.07, 6.45) is 0. The first-order chi connectivity index (χ1) is 6.85. The monoisotopic (exact) mass is 208 g/mol. The summed E-state index contributed by atoms with van der Waals surface area (Å²) in [5.41, 5.74) is 0.474. The van der Waals surface area contributed by atoms with Gasteiger partial charge in [0.15, 0.2) is 0 Å². The predicted molar refractivity (Wildman–Crippen MR) is 59.2 cm³/mol. The maximum atomic E-state index is 12.9. The van der Waals surface area contributed by atoms with Crippen LogP contribution < -0.4 is 5.32 Å². The SMILES string of the molecule is CC1(C)C(Nc2cccc(F)n2)C1(C)C. The van der Waals surface area contributed by atoms with Crippen molar-refractivity contribution in [1.82, 2.24) is 4.98 Å². The first-order valence-corrected chi connectivity index (χ1v) is 5.25. The standard InChI is InChI=1S/C12H17FN2/c1-11(2)10(12(11,3)4)15-9-7-5-6-8(13)14-9/h5-7,10H,1-4H3,(H,14,15). The number of hydrogen-bond acceptors (Lipinski definition) is 2. The molecule has 0 radical (unpaired) electrons. The lowest BCUT2D eigenvalue weighted by Gasteiger charge is -2.06. The molecule has 0 bridgehead atoms. The summed E-state index contributed by atoms with van der Waals surface area (Å²) in [4.78, 5) is 3.81. The van der Waals surface area contributed by atoms with Gasteiger partial charge in [-0.05, 0) is 23.0 Å². The molecule has 1 N–H and O–H groups in total. The molecule has 15 heavy (non-hydrogen) atoms. The fourth-order valence-electron chi connectivity index (χ4n) is 2.19. The fraction of sp³-hybridized carbons (Fsp3) is 0.583. The number of rotatable bonds is 2. The summed E-state index contributed by atoms with van der Waals surface area (Å²) in [6, 6.07) is 5.19. The largest absolute Gasteiger partial charge is 0.366 e. The van der Waals surface area contributed by atoms with Crippen LogP contribution in [0.25, 0.3) is 0 Å². The second kappa shape index (κ2) is 2.94. The number of halogens is 1. The van der Waals surface area contributed by atoms with E-state index in [-0.39, 0.29) is 10.8 Å². The normalized spacial score (nSPS) is 22.5. The van der Waals surface area contributed by atoms with Crippen LogP contribution in [0.15, 0.2) is 18.2 Å². The molecule has 2 rings (SSSR count). The molecule has 1 aliphatic rings. The molecule has 82 valence electrons. The van der Waals surface area contributed by atoms with E-state index in [1.165, 1.54) is 6.07 Å². The lowest BCUT2D eigenvalue weighted by Crippen LogP contribution is -2.11. The van der Waals surface area contributed by atoms with Crippen molar-refractivity contribution in [2.75, 3.05) is 5.32 Å². The van der Waals surface area contributed by atoms with Crippen LogP contribution in [0.5, 0.6) is 0 Å². The molecule has 1 heterocycles. The zero-order chi connectivity index (χ0) is 11.3.